The van der Waals surface area contributed by atoms with Crippen LogP contribution in [0.3, 0.4) is 0 Å². The Morgan fingerprint density at radius 1 is 0.806 bits per heavy atom. The van der Waals surface area contributed by atoms with E-state index in [2.05, 4.69) is 33.4 Å². The Kier molecular flexibility index (Phi) is 7.99. The maximum absolute atomic E-state index is 5.53. The van der Waals surface area contributed by atoms with E-state index in [9.17, 15) is 0 Å². The predicted octanol–water partition coefficient (Wildman–Crippen LogP) is 4.73. The van der Waals surface area contributed by atoms with Crippen molar-refractivity contribution in [1.82, 2.24) is 15.0 Å². The van der Waals surface area contributed by atoms with Crippen LogP contribution in [-0.2, 0) is 6.42 Å². The van der Waals surface area contributed by atoms with Crippen molar-refractivity contribution in [2.75, 3.05) is 25.1 Å². The Labute approximate surface area is 182 Å². The van der Waals surface area contributed by atoms with Gasteiger partial charge in [0.1, 0.15) is 30.5 Å². The van der Waals surface area contributed by atoms with Gasteiger partial charge in [0.25, 0.3) is 0 Å². The highest BCUT2D eigenvalue weighted by molar-refractivity contribution is 5.54. The minimum Gasteiger partial charge on any atom is -0.490 e. The summed E-state index contributed by atoms with van der Waals surface area (Å²) in [6, 6.07) is 15.6. The summed E-state index contributed by atoms with van der Waals surface area (Å²) in [5, 5.41) is 3.20. The number of benzene rings is 2. The number of rotatable bonds is 12. The molecule has 0 saturated heterocycles. The molecule has 3 aromatic rings. The Morgan fingerprint density at radius 2 is 1.42 bits per heavy atom. The van der Waals surface area contributed by atoms with E-state index in [0.29, 0.717) is 38.0 Å². The maximum Gasteiger partial charge on any atom is 0.321 e. The van der Waals surface area contributed by atoms with Gasteiger partial charge in [-0.1, -0.05) is 37.4 Å². The topological polar surface area (TPSA) is 78.4 Å². The molecule has 1 N–H and O–H groups in total. The van der Waals surface area contributed by atoms with Crippen LogP contribution in [0.4, 0.5) is 11.6 Å². The van der Waals surface area contributed by atoms with Gasteiger partial charge in [-0.25, -0.2) is 0 Å². The molecule has 0 saturated carbocycles. The smallest absolute Gasteiger partial charge is 0.321 e. The van der Waals surface area contributed by atoms with E-state index in [-0.39, 0.29) is 6.01 Å². The first-order valence-electron chi connectivity index (χ1n) is 10.0. The Bertz CT molecular complexity index is 913. The highest BCUT2D eigenvalue weighted by Crippen LogP contribution is 2.20. The highest BCUT2D eigenvalue weighted by Gasteiger charge is 2.09. The number of nitrogens with one attached hydrogen (secondary N) is 1. The first kappa shape index (κ1) is 21.8. The SMILES string of the molecule is C=CCOc1ccc(Cc2nc(Nc3ccc(OCC=C)cc3)nc(OCC)n2)cc1. The van der Waals surface area contributed by atoms with Gasteiger partial charge in [-0.05, 0) is 48.9 Å². The Balaban J connectivity index is 1.74. The standard InChI is InChI=1S/C24H26N4O3/c1-4-15-30-20-11-7-18(8-12-20)17-22-26-23(28-24(27-22)29-6-3)25-19-9-13-21(14-10-19)31-16-5-2/h4-5,7-14H,1-2,6,15-17H2,3H3,(H,25,26,27,28). The number of aromatic nitrogens is 3. The molecule has 1 heterocycles. The molecule has 2 aromatic carbocycles. The first-order valence-corrected chi connectivity index (χ1v) is 10.0. The van der Waals surface area contributed by atoms with Gasteiger partial charge in [0, 0.05) is 12.1 Å². The predicted molar refractivity (Wildman–Crippen MR) is 121 cm³/mol. The molecule has 160 valence electrons. The molecular weight excluding hydrogens is 392 g/mol. The summed E-state index contributed by atoms with van der Waals surface area (Å²) in [7, 11) is 0. The summed E-state index contributed by atoms with van der Waals surface area (Å²) in [4.78, 5) is 13.3. The molecule has 0 unspecified atom stereocenters. The Hall–Kier alpha value is -3.87. The van der Waals surface area contributed by atoms with Crippen LogP contribution >= 0.6 is 0 Å². The zero-order chi connectivity index (χ0) is 21.9. The van der Waals surface area contributed by atoms with E-state index in [1.54, 1.807) is 12.2 Å². The lowest BCUT2D eigenvalue weighted by Gasteiger charge is -2.10. The van der Waals surface area contributed by atoms with Crippen molar-refractivity contribution in [2.24, 2.45) is 0 Å². The van der Waals surface area contributed by atoms with Crippen LogP contribution in [0.5, 0.6) is 17.5 Å². The molecule has 0 radical (unpaired) electrons. The molecule has 1 aromatic heterocycles. The summed E-state index contributed by atoms with van der Waals surface area (Å²) in [6.45, 7) is 10.6. The van der Waals surface area contributed by atoms with Crippen LogP contribution in [-0.4, -0.2) is 34.8 Å². The fraction of sp³-hybridized carbons (Fsp3) is 0.208. The van der Waals surface area contributed by atoms with E-state index in [1.165, 1.54) is 0 Å². The Morgan fingerprint density at radius 3 is 2.00 bits per heavy atom. The van der Waals surface area contributed by atoms with Gasteiger partial charge in [0.05, 0.1) is 6.61 Å². The number of anilines is 2. The molecule has 0 amide bonds. The van der Waals surface area contributed by atoms with E-state index >= 15 is 0 Å². The van der Waals surface area contributed by atoms with Gasteiger partial charge < -0.3 is 19.5 Å². The van der Waals surface area contributed by atoms with Crippen molar-refractivity contribution in [3.63, 3.8) is 0 Å². The monoisotopic (exact) mass is 418 g/mol. The zero-order valence-corrected chi connectivity index (χ0v) is 17.6. The molecule has 7 heteroatoms. The van der Waals surface area contributed by atoms with Crippen molar-refractivity contribution in [2.45, 2.75) is 13.3 Å². The molecule has 0 spiro atoms. The fourth-order valence-electron chi connectivity index (χ4n) is 2.69. The van der Waals surface area contributed by atoms with Gasteiger partial charge in [-0.15, -0.1) is 0 Å². The molecule has 31 heavy (non-hydrogen) atoms. The van der Waals surface area contributed by atoms with Gasteiger partial charge in [-0.3, -0.25) is 0 Å². The van der Waals surface area contributed by atoms with Crippen LogP contribution < -0.4 is 19.5 Å². The second-order valence-corrected chi connectivity index (χ2v) is 6.46. The highest BCUT2D eigenvalue weighted by atomic mass is 16.5. The normalized spacial score (nSPS) is 10.2. The van der Waals surface area contributed by atoms with E-state index in [0.717, 1.165) is 22.7 Å². The summed E-state index contributed by atoms with van der Waals surface area (Å²) in [5.74, 6) is 2.57. The molecule has 0 aliphatic carbocycles. The van der Waals surface area contributed by atoms with Crippen molar-refractivity contribution in [3.8, 4) is 17.5 Å². The third kappa shape index (κ3) is 6.85. The lowest BCUT2D eigenvalue weighted by atomic mass is 10.1. The first-order chi connectivity index (χ1) is 15.2. The van der Waals surface area contributed by atoms with E-state index in [4.69, 9.17) is 14.2 Å². The molecule has 7 nitrogen and oxygen atoms in total. The van der Waals surface area contributed by atoms with Gasteiger partial charge in [0.15, 0.2) is 0 Å². The van der Waals surface area contributed by atoms with E-state index in [1.807, 2.05) is 55.5 Å². The van der Waals surface area contributed by atoms with Crippen LogP contribution in [0.15, 0.2) is 73.8 Å². The molecule has 0 fully saturated rings. The third-order valence-corrected chi connectivity index (χ3v) is 4.07. The number of ether oxygens (including phenoxy) is 3. The van der Waals surface area contributed by atoms with Crippen molar-refractivity contribution >= 4 is 11.6 Å². The second kappa shape index (κ2) is 11.3. The average molecular weight is 418 g/mol. The fourth-order valence-corrected chi connectivity index (χ4v) is 2.69. The molecule has 3 rings (SSSR count). The van der Waals surface area contributed by atoms with Gasteiger partial charge in [-0.2, -0.15) is 15.0 Å². The van der Waals surface area contributed by atoms with Crippen molar-refractivity contribution < 1.29 is 14.2 Å². The zero-order valence-electron chi connectivity index (χ0n) is 17.6. The average Bonchev–Trinajstić information content (AvgIpc) is 2.78. The number of hydrogen-bond donors (Lipinski definition) is 1. The summed E-state index contributed by atoms with van der Waals surface area (Å²) < 4.78 is 16.6. The number of hydrogen-bond acceptors (Lipinski definition) is 7. The summed E-state index contributed by atoms with van der Waals surface area (Å²) in [5.41, 5.74) is 1.88. The minimum absolute atomic E-state index is 0.284. The van der Waals surface area contributed by atoms with E-state index < -0.39 is 0 Å². The van der Waals surface area contributed by atoms with Gasteiger partial charge in [0.2, 0.25) is 5.95 Å². The maximum atomic E-state index is 5.53. The number of nitrogens with zero attached hydrogens (tertiary/aromatic N) is 3. The quantitative estimate of drug-likeness (QED) is 0.426. The van der Waals surface area contributed by atoms with Crippen molar-refractivity contribution in [3.05, 3.63) is 85.2 Å². The van der Waals surface area contributed by atoms with Crippen LogP contribution in [0.1, 0.15) is 18.3 Å². The van der Waals surface area contributed by atoms with Crippen LogP contribution in [0, 0.1) is 0 Å². The lowest BCUT2D eigenvalue weighted by Crippen LogP contribution is -2.08. The molecule has 0 atom stereocenters. The molecule has 0 aliphatic rings. The minimum atomic E-state index is 0.284. The van der Waals surface area contributed by atoms with Crippen LogP contribution in [0.25, 0.3) is 0 Å². The van der Waals surface area contributed by atoms with Crippen LogP contribution in [0.2, 0.25) is 0 Å². The lowest BCUT2D eigenvalue weighted by molar-refractivity contribution is 0.310. The van der Waals surface area contributed by atoms with Gasteiger partial charge >= 0.3 is 6.01 Å². The largest absolute Gasteiger partial charge is 0.490 e. The van der Waals surface area contributed by atoms with Crippen molar-refractivity contribution in [1.29, 1.82) is 0 Å². The second-order valence-electron chi connectivity index (χ2n) is 6.46. The molecule has 0 bridgehead atoms. The molecular formula is C24H26N4O3. The summed E-state index contributed by atoms with van der Waals surface area (Å²) >= 11 is 0. The molecule has 0 aliphatic heterocycles. The third-order valence-electron chi connectivity index (χ3n) is 4.07. The summed E-state index contributed by atoms with van der Waals surface area (Å²) in [6.07, 6.45) is 3.95.